The smallest absolute Gasteiger partial charge is 0.258 e. The van der Waals surface area contributed by atoms with Crippen LogP contribution in [-0.4, -0.2) is 24.6 Å². The van der Waals surface area contributed by atoms with Gasteiger partial charge >= 0.3 is 0 Å². The summed E-state index contributed by atoms with van der Waals surface area (Å²) >= 11 is 0. The Hall–Kier alpha value is -1.55. The van der Waals surface area contributed by atoms with Crippen molar-refractivity contribution in [3.63, 3.8) is 0 Å². The number of nitrogens with one attached hydrogen (secondary N) is 2. The Kier molecular flexibility index (Phi) is 5.41. The van der Waals surface area contributed by atoms with E-state index in [0.29, 0.717) is 6.04 Å². The van der Waals surface area contributed by atoms with Crippen molar-refractivity contribution >= 4 is 5.91 Å². The minimum absolute atomic E-state index is 0.0686. The summed E-state index contributed by atoms with van der Waals surface area (Å²) in [4.78, 5) is 11.6. The molecular formula is C16H24N2O2. The first-order valence-electron chi connectivity index (χ1n) is 7.42. The van der Waals surface area contributed by atoms with E-state index in [9.17, 15) is 4.79 Å². The summed E-state index contributed by atoms with van der Waals surface area (Å²) in [6.45, 7) is 4.97. The standard InChI is InChI=1S/C16H24N2O2/c1-3-12(2)18-16(19)11-20-15-6-4-5-13(9-15)10-17-14-7-8-14/h4-6,9,12,14,17H,3,7-8,10-11H2,1-2H3,(H,18,19). The van der Waals surface area contributed by atoms with Gasteiger partial charge in [-0.3, -0.25) is 4.79 Å². The molecule has 0 aromatic heterocycles. The van der Waals surface area contributed by atoms with Crippen molar-refractivity contribution in [1.29, 1.82) is 0 Å². The highest BCUT2D eigenvalue weighted by Gasteiger charge is 2.19. The topological polar surface area (TPSA) is 50.4 Å². The second-order valence-electron chi connectivity index (χ2n) is 5.47. The Bertz CT molecular complexity index is 444. The largest absolute Gasteiger partial charge is 0.484 e. The third-order valence-electron chi connectivity index (χ3n) is 3.46. The summed E-state index contributed by atoms with van der Waals surface area (Å²) < 4.78 is 5.54. The molecule has 1 saturated carbocycles. The predicted octanol–water partition coefficient (Wildman–Crippen LogP) is 2.23. The van der Waals surface area contributed by atoms with Gasteiger partial charge in [0.2, 0.25) is 0 Å². The molecule has 0 bridgehead atoms. The lowest BCUT2D eigenvalue weighted by atomic mass is 10.2. The van der Waals surface area contributed by atoms with Gasteiger partial charge < -0.3 is 15.4 Å². The third-order valence-corrected chi connectivity index (χ3v) is 3.46. The summed E-state index contributed by atoms with van der Waals surface area (Å²) in [7, 11) is 0. The van der Waals surface area contributed by atoms with Gasteiger partial charge in [-0.25, -0.2) is 0 Å². The zero-order chi connectivity index (χ0) is 14.4. The molecule has 1 amide bonds. The SMILES string of the molecule is CCC(C)NC(=O)COc1cccc(CNC2CC2)c1. The van der Waals surface area contributed by atoms with Gasteiger partial charge in [-0.05, 0) is 43.9 Å². The molecule has 2 rings (SSSR count). The van der Waals surface area contributed by atoms with Crippen molar-refractivity contribution in [2.24, 2.45) is 0 Å². The molecule has 1 unspecified atom stereocenters. The van der Waals surface area contributed by atoms with Crippen molar-refractivity contribution in [2.45, 2.75) is 51.7 Å². The fraction of sp³-hybridized carbons (Fsp3) is 0.562. The van der Waals surface area contributed by atoms with Crippen molar-refractivity contribution in [3.05, 3.63) is 29.8 Å². The zero-order valence-corrected chi connectivity index (χ0v) is 12.3. The maximum Gasteiger partial charge on any atom is 0.258 e. The summed E-state index contributed by atoms with van der Waals surface area (Å²) in [5.41, 5.74) is 1.19. The molecule has 1 atom stereocenters. The van der Waals surface area contributed by atoms with E-state index in [4.69, 9.17) is 4.74 Å². The Morgan fingerprint density at radius 3 is 2.95 bits per heavy atom. The fourth-order valence-corrected chi connectivity index (χ4v) is 1.86. The number of amides is 1. The highest BCUT2D eigenvalue weighted by molar-refractivity contribution is 5.77. The van der Waals surface area contributed by atoms with Gasteiger partial charge in [0.1, 0.15) is 5.75 Å². The van der Waals surface area contributed by atoms with E-state index in [1.165, 1.54) is 18.4 Å². The van der Waals surface area contributed by atoms with E-state index < -0.39 is 0 Å². The normalized spacial score (nSPS) is 15.7. The van der Waals surface area contributed by atoms with Crippen LogP contribution in [-0.2, 0) is 11.3 Å². The van der Waals surface area contributed by atoms with Crippen LogP contribution >= 0.6 is 0 Å². The average molecular weight is 276 g/mol. The molecule has 1 fully saturated rings. The van der Waals surface area contributed by atoms with Crippen LogP contribution in [0.3, 0.4) is 0 Å². The first kappa shape index (κ1) is 14.9. The maximum absolute atomic E-state index is 11.6. The molecule has 110 valence electrons. The Labute approximate surface area is 120 Å². The second-order valence-corrected chi connectivity index (χ2v) is 5.47. The Morgan fingerprint density at radius 1 is 1.45 bits per heavy atom. The van der Waals surface area contributed by atoms with Crippen molar-refractivity contribution in [1.82, 2.24) is 10.6 Å². The number of benzene rings is 1. The lowest BCUT2D eigenvalue weighted by Crippen LogP contribution is -2.35. The Morgan fingerprint density at radius 2 is 2.25 bits per heavy atom. The number of hydrogen-bond donors (Lipinski definition) is 2. The van der Waals surface area contributed by atoms with Gasteiger partial charge in [0.05, 0.1) is 0 Å². The molecule has 0 radical (unpaired) electrons. The molecule has 4 nitrogen and oxygen atoms in total. The lowest BCUT2D eigenvalue weighted by Gasteiger charge is -2.12. The average Bonchev–Trinajstić information content (AvgIpc) is 3.27. The molecule has 1 aliphatic rings. The fourth-order valence-electron chi connectivity index (χ4n) is 1.86. The predicted molar refractivity (Wildman–Crippen MR) is 79.7 cm³/mol. The van der Waals surface area contributed by atoms with Crippen LogP contribution in [0.1, 0.15) is 38.7 Å². The van der Waals surface area contributed by atoms with Gasteiger partial charge in [-0.2, -0.15) is 0 Å². The highest BCUT2D eigenvalue weighted by atomic mass is 16.5. The van der Waals surface area contributed by atoms with E-state index >= 15 is 0 Å². The van der Waals surface area contributed by atoms with Gasteiger partial charge in [0.15, 0.2) is 6.61 Å². The van der Waals surface area contributed by atoms with Crippen LogP contribution in [0.5, 0.6) is 5.75 Å². The van der Waals surface area contributed by atoms with Crippen LogP contribution in [0.25, 0.3) is 0 Å². The maximum atomic E-state index is 11.6. The van der Waals surface area contributed by atoms with Gasteiger partial charge in [0, 0.05) is 18.6 Å². The van der Waals surface area contributed by atoms with E-state index in [2.05, 4.69) is 16.7 Å². The van der Waals surface area contributed by atoms with E-state index in [1.807, 2.05) is 32.0 Å². The Balaban J connectivity index is 1.76. The number of ether oxygens (including phenoxy) is 1. The summed E-state index contributed by atoms with van der Waals surface area (Å²) in [6, 6.07) is 8.80. The first-order chi connectivity index (χ1) is 9.67. The van der Waals surface area contributed by atoms with Crippen molar-refractivity contribution in [2.75, 3.05) is 6.61 Å². The van der Waals surface area contributed by atoms with Crippen LogP contribution in [0.2, 0.25) is 0 Å². The van der Waals surface area contributed by atoms with Gasteiger partial charge in [0.25, 0.3) is 5.91 Å². The zero-order valence-electron chi connectivity index (χ0n) is 12.3. The molecule has 1 aliphatic carbocycles. The molecule has 0 heterocycles. The summed E-state index contributed by atoms with van der Waals surface area (Å²) in [5.74, 6) is 0.681. The number of hydrogen-bond acceptors (Lipinski definition) is 3. The van der Waals surface area contributed by atoms with E-state index in [1.54, 1.807) is 0 Å². The lowest BCUT2D eigenvalue weighted by molar-refractivity contribution is -0.123. The number of carbonyl (C=O) groups is 1. The molecule has 1 aromatic rings. The molecule has 2 N–H and O–H groups in total. The van der Waals surface area contributed by atoms with Crippen LogP contribution in [0.15, 0.2) is 24.3 Å². The van der Waals surface area contributed by atoms with Gasteiger partial charge in [-0.15, -0.1) is 0 Å². The summed E-state index contributed by atoms with van der Waals surface area (Å²) in [6.07, 6.45) is 3.49. The van der Waals surface area contributed by atoms with Crippen LogP contribution in [0, 0.1) is 0 Å². The molecule has 1 aromatic carbocycles. The third kappa shape index (κ3) is 5.21. The van der Waals surface area contributed by atoms with Crippen molar-refractivity contribution in [3.8, 4) is 5.75 Å². The highest BCUT2D eigenvalue weighted by Crippen LogP contribution is 2.20. The molecular weight excluding hydrogens is 252 g/mol. The van der Waals surface area contributed by atoms with Crippen LogP contribution in [0.4, 0.5) is 0 Å². The molecule has 4 heteroatoms. The molecule has 0 saturated heterocycles. The molecule has 20 heavy (non-hydrogen) atoms. The van der Waals surface area contributed by atoms with Crippen LogP contribution < -0.4 is 15.4 Å². The van der Waals surface area contributed by atoms with Gasteiger partial charge in [-0.1, -0.05) is 19.1 Å². The molecule has 0 spiro atoms. The van der Waals surface area contributed by atoms with E-state index in [0.717, 1.165) is 18.7 Å². The summed E-state index contributed by atoms with van der Waals surface area (Å²) in [5, 5.41) is 6.35. The van der Waals surface area contributed by atoms with E-state index in [-0.39, 0.29) is 18.6 Å². The van der Waals surface area contributed by atoms with Crippen molar-refractivity contribution < 1.29 is 9.53 Å². The number of carbonyl (C=O) groups excluding carboxylic acids is 1. The minimum atomic E-state index is -0.0686. The minimum Gasteiger partial charge on any atom is -0.484 e. The monoisotopic (exact) mass is 276 g/mol. The number of rotatable bonds is 8. The first-order valence-corrected chi connectivity index (χ1v) is 7.42. The second kappa shape index (κ2) is 7.29. The molecule has 0 aliphatic heterocycles. The quantitative estimate of drug-likeness (QED) is 0.765.